The van der Waals surface area contributed by atoms with Crippen molar-refractivity contribution in [3.8, 4) is 0 Å². The molecule has 1 atom stereocenters. The molecule has 0 amide bonds. The first-order valence-corrected chi connectivity index (χ1v) is 7.11. The highest BCUT2D eigenvalue weighted by Gasteiger charge is 2.20. The number of hydrogen-bond acceptors (Lipinski definition) is 4. The van der Waals surface area contributed by atoms with E-state index in [1.807, 2.05) is 32.0 Å². The predicted octanol–water partition coefficient (Wildman–Crippen LogP) is 3.73. The SMILES string of the molecule is CCNC(c1cc(C)cc(Cl)c1)c1ccc(C(=O)OC)o1. The summed E-state index contributed by atoms with van der Waals surface area (Å²) >= 11 is 6.13. The zero-order valence-corrected chi connectivity index (χ0v) is 13.0. The van der Waals surface area contributed by atoms with Gasteiger partial charge < -0.3 is 14.5 Å². The van der Waals surface area contributed by atoms with Gasteiger partial charge in [-0.1, -0.05) is 24.6 Å². The molecule has 0 saturated heterocycles. The fraction of sp³-hybridized carbons (Fsp3) is 0.312. The molecular formula is C16H18ClNO3. The van der Waals surface area contributed by atoms with Gasteiger partial charge in [0.15, 0.2) is 0 Å². The van der Waals surface area contributed by atoms with Crippen molar-refractivity contribution in [2.24, 2.45) is 0 Å². The third-order valence-corrected chi connectivity index (χ3v) is 3.32. The van der Waals surface area contributed by atoms with Gasteiger partial charge in [-0.05, 0) is 48.9 Å². The number of carbonyl (C=O) groups is 1. The maximum atomic E-state index is 11.5. The Bertz CT molecular complexity index is 616. The van der Waals surface area contributed by atoms with Crippen LogP contribution >= 0.6 is 11.6 Å². The fourth-order valence-corrected chi connectivity index (χ4v) is 2.53. The van der Waals surface area contributed by atoms with Crippen LogP contribution in [0.4, 0.5) is 0 Å². The molecule has 21 heavy (non-hydrogen) atoms. The lowest BCUT2D eigenvalue weighted by molar-refractivity contribution is 0.0562. The number of esters is 1. The van der Waals surface area contributed by atoms with E-state index in [2.05, 4.69) is 10.1 Å². The predicted molar refractivity (Wildman–Crippen MR) is 81.8 cm³/mol. The molecule has 0 fully saturated rings. The third-order valence-electron chi connectivity index (χ3n) is 3.10. The molecule has 2 aromatic rings. The van der Waals surface area contributed by atoms with Gasteiger partial charge in [0.2, 0.25) is 5.76 Å². The number of aryl methyl sites for hydroxylation is 1. The van der Waals surface area contributed by atoms with Gasteiger partial charge in [0.05, 0.1) is 13.2 Å². The number of benzene rings is 1. The summed E-state index contributed by atoms with van der Waals surface area (Å²) in [6, 6.07) is 9.06. The number of rotatable bonds is 5. The van der Waals surface area contributed by atoms with Gasteiger partial charge in [-0.15, -0.1) is 0 Å². The molecule has 1 unspecified atom stereocenters. The van der Waals surface area contributed by atoms with E-state index in [-0.39, 0.29) is 11.8 Å². The highest BCUT2D eigenvalue weighted by Crippen LogP contribution is 2.27. The average molecular weight is 308 g/mol. The van der Waals surface area contributed by atoms with Crippen LogP contribution in [-0.2, 0) is 4.74 Å². The number of carbonyl (C=O) groups excluding carboxylic acids is 1. The van der Waals surface area contributed by atoms with Crippen molar-refractivity contribution in [1.29, 1.82) is 0 Å². The van der Waals surface area contributed by atoms with E-state index in [0.717, 1.165) is 17.7 Å². The largest absolute Gasteiger partial charge is 0.463 e. The van der Waals surface area contributed by atoms with Gasteiger partial charge in [-0.25, -0.2) is 4.79 Å². The van der Waals surface area contributed by atoms with Crippen molar-refractivity contribution in [2.75, 3.05) is 13.7 Å². The van der Waals surface area contributed by atoms with E-state index in [0.29, 0.717) is 10.8 Å². The Balaban J connectivity index is 2.38. The first kappa shape index (κ1) is 15.6. The number of methoxy groups -OCH3 is 1. The van der Waals surface area contributed by atoms with Crippen molar-refractivity contribution in [3.63, 3.8) is 0 Å². The minimum Gasteiger partial charge on any atom is -0.463 e. The van der Waals surface area contributed by atoms with Crippen LogP contribution < -0.4 is 5.32 Å². The minimum absolute atomic E-state index is 0.161. The van der Waals surface area contributed by atoms with Gasteiger partial charge in [-0.3, -0.25) is 0 Å². The van der Waals surface area contributed by atoms with Crippen LogP contribution in [0.15, 0.2) is 34.7 Å². The normalized spacial score (nSPS) is 12.2. The summed E-state index contributed by atoms with van der Waals surface area (Å²) in [4.78, 5) is 11.5. The number of ether oxygens (including phenoxy) is 1. The first-order valence-electron chi connectivity index (χ1n) is 6.73. The Morgan fingerprint density at radius 1 is 1.38 bits per heavy atom. The molecule has 1 aromatic carbocycles. The fourth-order valence-electron chi connectivity index (χ4n) is 2.24. The highest BCUT2D eigenvalue weighted by molar-refractivity contribution is 6.30. The molecule has 0 aliphatic rings. The van der Waals surface area contributed by atoms with E-state index in [1.165, 1.54) is 7.11 Å². The van der Waals surface area contributed by atoms with Crippen LogP contribution in [0.1, 0.15) is 40.4 Å². The quantitative estimate of drug-likeness (QED) is 0.855. The summed E-state index contributed by atoms with van der Waals surface area (Å²) < 4.78 is 10.3. The molecule has 0 radical (unpaired) electrons. The third kappa shape index (κ3) is 3.65. The Morgan fingerprint density at radius 3 is 2.76 bits per heavy atom. The molecule has 112 valence electrons. The Labute approximate surface area is 129 Å². The van der Waals surface area contributed by atoms with Crippen molar-refractivity contribution >= 4 is 17.6 Å². The summed E-state index contributed by atoms with van der Waals surface area (Å²) in [7, 11) is 1.33. The first-order chi connectivity index (χ1) is 10.0. The second-order valence-electron chi connectivity index (χ2n) is 4.75. The minimum atomic E-state index is -0.487. The smallest absolute Gasteiger partial charge is 0.373 e. The van der Waals surface area contributed by atoms with Crippen molar-refractivity contribution in [3.05, 3.63) is 58.0 Å². The van der Waals surface area contributed by atoms with Crippen LogP contribution in [0, 0.1) is 6.92 Å². The lowest BCUT2D eigenvalue weighted by atomic mass is 10.0. The topological polar surface area (TPSA) is 51.5 Å². The molecule has 1 N–H and O–H groups in total. The second-order valence-corrected chi connectivity index (χ2v) is 5.18. The standard InChI is InChI=1S/C16H18ClNO3/c1-4-18-15(11-7-10(2)8-12(17)9-11)13-5-6-14(21-13)16(19)20-3/h5-9,15,18H,4H2,1-3H3. The molecule has 0 aliphatic carbocycles. The van der Waals surface area contributed by atoms with E-state index < -0.39 is 5.97 Å². The van der Waals surface area contributed by atoms with Crippen molar-refractivity contribution < 1.29 is 13.9 Å². The van der Waals surface area contributed by atoms with E-state index in [9.17, 15) is 4.79 Å². The van der Waals surface area contributed by atoms with Gasteiger partial charge in [-0.2, -0.15) is 0 Å². The summed E-state index contributed by atoms with van der Waals surface area (Å²) in [5.74, 6) is 0.354. The molecule has 0 saturated carbocycles. The van der Waals surface area contributed by atoms with Crippen LogP contribution in [0.5, 0.6) is 0 Å². The van der Waals surface area contributed by atoms with Crippen molar-refractivity contribution in [1.82, 2.24) is 5.32 Å². The number of hydrogen-bond donors (Lipinski definition) is 1. The highest BCUT2D eigenvalue weighted by atomic mass is 35.5. The molecule has 1 heterocycles. The van der Waals surface area contributed by atoms with E-state index in [1.54, 1.807) is 12.1 Å². The van der Waals surface area contributed by atoms with Crippen LogP contribution in [0.25, 0.3) is 0 Å². The maximum Gasteiger partial charge on any atom is 0.373 e. The zero-order chi connectivity index (χ0) is 15.4. The molecule has 0 aliphatic heterocycles. The molecule has 0 bridgehead atoms. The summed E-state index contributed by atoms with van der Waals surface area (Å²) in [6.45, 7) is 4.75. The van der Waals surface area contributed by atoms with Crippen LogP contribution in [-0.4, -0.2) is 19.6 Å². The Morgan fingerprint density at radius 2 is 2.14 bits per heavy atom. The summed E-state index contributed by atoms with van der Waals surface area (Å²) in [5.41, 5.74) is 2.06. The zero-order valence-electron chi connectivity index (χ0n) is 12.3. The second kappa shape index (κ2) is 6.78. The van der Waals surface area contributed by atoms with Gasteiger partial charge in [0.1, 0.15) is 5.76 Å². The van der Waals surface area contributed by atoms with Crippen LogP contribution in [0.3, 0.4) is 0 Å². The average Bonchev–Trinajstić information content (AvgIpc) is 2.92. The van der Waals surface area contributed by atoms with E-state index in [4.69, 9.17) is 16.0 Å². The maximum absolute atomic E-state index is 11.5. The van der Waals surface area contributed by atoms with Gasteiger partial charge >= 0.3 is 5.97 Å². The molecule has 0 spiro atoms. The molecule has 4 nitrogen and oxygen atoms in total. The number of furan rings is 1. The van der Waals surface area contributed by atoms with Gasteiger partial charge in [0, 0.05) is 5.02 Å². The summed E-state index contributed by atoms with van der Waals surface area (Å²) in [6.07, 6.45) is 0. The molecule has 1 aromatic heterocycles. The monoisotopic (exact) mass is 307 g/mol. The lowest BCUT2D eigenvalue weighted by Crippen LogP contribution is -2.21. The molecular weight excluding hydrogens is 290 g/mol. The van der Waals surface area contributed by atoms with Crippen molar-refractivity contribution in [2.45, 2.75) is 19.9 Å². The molecule has 2 rings (SSSR count). The lowest BCUT2D eigenvalue weighted by Gasteiger charge is -2.17. The van der Waals surface area contributed by atoms with E-state index >= 15 is 0 Å². The Kier molecular flexibility index (Phi) is 5.04. The molecule has 5 heteroatoms. The number of halogens is 1. The van der Waals surface area contributed by atoms with Gasteiger partial charge in [0.25, 0.3) is 0 Å². The number of nitrogens with one attached hydrogen (secondary N) is 1. The van der Waals surface area contributed by atoms with Crippen LogP contribution in [0.2, 0.25) is 5.02 Å². The Hall–Kier alpha value is -1.78. The summed E-state index contributed by atoms with van der Waals surface area (Å²) in [5, 5.41) is 4.01.